The highest BCUT2D eigenvalue weighted by Gasteiger charge is 2.26. The minimum Gasteiger partial charge on any atom is -0.348 e. The van der Waals surface area contributed by atoms with Gasteiger partial charge < -0.3 is 5.32 Å². The third kappa shape index (κ3) is 2.57. The van der Waals surface area contributed by atoms with E-state index in [1.165, 1.54) is 11.3 Å². The second kappa shape index (κ2) is 4.74. The topological polar surface area (TPSA) is 24.4 Å². The summed E-state index contributed by atoms with van der Waals surface area (Å²) in [6.45, 7) is 6.40. The lowest BCUT2D eigenvalue weighted by atomic mass is 9.90. The van der Waals surface area contributed by atoms with Crippen molar-refractivity contribution in [1.29, 1.82) is 0 Å². The molecule has 0 amide bonds. The highest BCUT2D eigenvalue weighted by molar-refractivity contribution is 5.83. The predicted molar refractivity (Wildman–Crippen MR) is 73.0 cm³/mol. The SMILES string of the molecule is CCCC1=CC(C)(c2ccccc2)N=C(C)N1. The Morgan fingerprint density at radius 3 is 2.59 bits per heavy atom. The van der Waals surface area contributed by atoms with Gasteiger partial charge in [-0.15, -0.1) is 0 Å². The molecule has 0 saturated carbocycles. The van der Waals surface area contributed by atoms with Gasteiger partial charge in [0.2, 0.25) is 0 Å². The molecule has 0 radical (unpaired) electrons. The summed E-state index contributed by atoms with van der Waals surface area (Å²) < 4.78 is 0. The van der Waals surface area contributed by atoms with Gasteiger partial charge >= 0.3 is 0 Å². The zero-order valence-electron chi connectivity index (χ0n) is 10.8. The predicted octanol–water partition coefficient (Wildman–Crippen LogP) is 3.61. The maximum atomic E-state index is 4.75. The first-order chi connectivity index (χ1) is 8.14. The van der Waals surface area contributed by atoms with Crippen LogP contribution in [0.15, 0.2) is 47.1 Å². The van der Waals surface area contributed by atoms with Crippen LogP contribution in [0.4, 0.5) is 0 Å². The quantitative estimate of drug-likeness (QED) is 0.839. The van der Waals surface area contributed by atoms with E-state index >= 15 is 0 Å². The van der Waals surface area contributed by atoms with E-state index in [1.54, 1.807) is 0 Å². The van der Waals surface area contributed by atoms with Crippen molar-refractivity contribution in [3.63, 3.8) is 0 Å². The Hall–Kier alpha value is -1.57. The van der Waals surface area contributed by atoms with E-state index in [9.17, 15) is 0 Å². The zero-order valence-corrected chi connectivity index (χ0v) is 10.8. The lowest BCUT2D eigenvalue weighted by molar-refractivity contribution is 0.598. The molecule has 1 N–H and O–H groups in total. The summed E-state index contributed by atoms with van der Waals surface area (Å²) in [5.41, 5.74) is 2.31. The van der Waals surface area contributed by atoms with Crippen molar-refractivity contribution < 1.29 is 0 Å². The van der Waals surface area contributed by atoms with E-state index in [-0.39, 0.29) is 5.54 Å². The van der Waals surface area contributed by atoms with E-state index in [0.717, 1.165) is 18.7 Å². The van der Waals surface area contributed by atoms with Crippen molar-refractivity contribution in [2.24, 2.45) is 4.99 Å². The van der Waals surface area contributed by atoms with Gasteiger partial charge in [-0.2, -0.15) is 0 Å². The van der Waals surface area contributed by atoms with Crippen molar-refractivity contribution >= 4 is 5.84 Å². The minimum absolute atomic E-state index is 0.221. The lowest BCUT2D eigenvalue weighted by Gasteiger charge is -2.29. The summed E-state index contributed by atoms with van der Waals surface area (Å²) in [6, 6.07) is 10.5. The van der Waals surface area contributed by atoms with Crippen molar-refractivity contribution in [3.8, 4) is 0 Å². The van der Waals surface area contributed by atoms with Crippen molar-refractivity contribution in [2.45, 2.75) is 39.2 Å². The highest BCUT2D eigenvalue weighted by atomic mass is 15.1. The van der Waals surface area contributed by atoms with Crippen molar-refractivity contribution in [3.05, 3.63) is 47.7 Å². The first-order valence-electron chi connectivity index (χ1n) is 6.25. The van der Waals surface area contributed by atoms with Crippen LogP contribution in [0.5, 0.6) is 0 Å². The van der Waals surface area contributed by atoms with Gasteiger partial charge in [0, 0.05) is 5.70 Å². The third-order valence-electron chi connectivity index (χ3n) is 3.07. The fourth-order valence-corrected chi connectivity index (χ4v) is 2.34. The van der Waals surface area contributed by atoms with E-state index in [1.807, 2.05) is 13.0 Å². The average molecular weight is 228 g/mol. The van der Waals surface area contributed by atoms with Crippen LogP contribution in [0, 0.1) is 0 Å². The zero-order chi connectivity index (χ0) is 12.3. The first kappa shape index (κ1) is 11.9. The van der Waals surface area contributed by atoms with Gasteiger partial charge in [0.15, 0.2) is 0 Å². The number of nitrogens with zero attached hydrogens (tertiary/aromatic N) is 1. The maximum Gasteiger partial charge on any atom is 0.105 e. The number of benzene rings is 1. The Morgan fingerprint density at radius 1 is 1.24 bits per heavy atom. The van der Waals surface area contributed by atoms with Crippen LogP contribution in [0.1, 0.15) is 39.2 Å². The number of nitrogens with one attached hydrogen (secondary N) is 1. The summed E-state index contributed by atoms with van der Waals surface area (Å²) in [5, 5.41) is 3.35. The van der Waals surface area contributed by atoms with Gasteiger partial charge in [0.05, 0.1) is 5.84 Å². The summed E-state index contributed by atoms with van der Waals surface area (Å²) in [7, 11) is 0. The van der Waals surface area contributed by atoms with Gasteiger partial charge in [0.25, 0.3) is 0 Å². The minimum atomic E-state index is -0.221. The van der Waals surface area contributed by atoms with Crippen LogP contribution in [0.3, 0.4) is 0 Å². The summed E-state index contributed by atoms with van der Waals surface area (Å²) in [5.74, 6) is 1.00. The van der Waals surface area contributed by atoms with Gasteiger partial charge in [-0.3, -0.25) is 4.99 Å². The first-order valence-corrected chi connectivity index (χ1v) is 6.25. The Morgan fingerprint density at radius 2 is 1.94 bits per heavy atom. The Bertz CT molecular complexity index is 445. The highest BCUT2D eigenvalue weighted by Crippen LogP contribution is 2.31. The molecule has 1 aromatic carbocycles. The number of rotatable bonds is 3. The molecule has 0 fully saturated rings. The number of amidine groups is 1. The molecule has 0 saturated heterocycles. The fraction of sp³-hybridized carbons (Fsp3) is 0.400. The van der Waals surface area contributed by atoms with Gasteiger partial charge in [-0.25, -0.2) is 0 Å². The Kier molecular flexibility index (Phi) is 3.32. The van der Waals surface area contributed by atoms with Crippen LogP contribution in [-0.2, 0) is 5.54 Å². The number of aliphatic imine (C=N–C) groups is 1. The molecule has 2 rings (SSSR count). The molecular formula is C15H20N2. The molecule has 1 aliphatic heterocycles. The van der Waals surface area contributed by atoms with Gasteiger partial charge in [-0.05, 0) is 31.9 Å². The monoisotopic (exact) mass is 228 g/mol. The molecule has 17 heavy (non-hydrogen) atoms. The summed E-state index contributed by atoms with van der Waals surface area (Å²) in [6.07, 6.45) is 4.48. The molecule has 2 nitrogen and oxygen atoms in total. The second-order valence-electron chi connectivity index (χ2n) is 4.76. The van der Waals surface area contributed by atoms with Crippen LogP contribution in [0.2, 0.25) is 0 Å². The van der Waals surface area contributed by atoms with Crippen molar-refractivity contribution in [1.82, 2.24) is 5.32 Å². The maximum absolute atomic E-state index is 4.75. The molecule has 1 unspecified atom stereocenters. The molecule has 1 aliphatic rings. The Balaban J connectivity index is 2.38. The van der Waals surface area contributed by atoms with E-state index in [4.69, 9.17) is 4.99 Å². The van der Waals surface area contributed by atoms with E-state index in [0.29, 0.717) is 0 Å². The molecule has 1 aromatic rings. The van der Waals surface area contributed by atoms with Crippen LogP contribution in [0.25, 0.3) is 0 Å². The number of allylic oxidation sites excluding steroid dienone is 1. The third-order valence-corrected chi connectivity index (χ3v) is 3.07. The van der Waals surface area contributed by atoms with Crippen LogP contribution < -0.4 is 5.32 Å². The molecule has 90 valence electrons. The largest absolute Gasteiger partial charge is 0.348 e. The average Bonchev–Trinajstić information content (AvgIpc) is 2.29. The van der Waals surface area contributed by atoms with Gasteiger partial charge in [0.1, 0.15) is 5.54 Å². The Labute approximate surface area is 103 Å². The van der Waals surface area contributed by atoms with Gasteiger partial charge in [-0.1, -0.05) is 43.7 Å². The smallest absolute Gasteiger partial charge is 0.105 e. The second-order valence-corrected chi connectivity index (χ2v) is 4.76. The molecule has 0 aliphatic carbocycles. The van der Waals surface area contributed by atoms with Crippen molar-refractivity contribution in [2.75, 3.05) is 0 Å². The molecule has 2 heteroatoms. The normalized spacial score (nSPS) is 23.7. The van der Waals surface area contributed by atoms with Crippen LogP contribution in [-0.4, -0.2) is 5.84 Å². The molecule has 0 aromatic heterocycles. The molecule has 1 atom stereocenters. The molecule has 0 bridgehead atoms. The molecular weight excluding hydrogens is 208 g/mol. The molecule has 0 spiro atoms. The lowest BCUT2D eigenvalue weighted by Crippen LogP contribution is -2.32. The fourth-order valence-electron chi connectivity index (χ4n) is 2.34. The number of hydrogen-bond donors (Lipinski definition) is 1. The van der Waals surface area contributed by atoms with E-state index < -0.39 is 0 Å². The molecule has 1 heterocycles. The summed E-state index contributed by atoms with van der Waals surface area (Å²) in [4.78, 5) is 4.75. The standard InChI is InChI=1S/C15H20N2/c1-4-8-14-11-15(3,17-12(2)16-14)13-9-6-5-7-10-13/h5-7,9-11H,4,8H2,1-3H3,(H,16,17). The number of hydrogen-bond acceptors (Lipinski definition) is 2. The van der Waals surface area contributed by atoms with E-state index in [2.05, 4.69) is 49.5 Å². The van der Waals surface area contributed by atoms with Crippen LogP contribution >= 0.6 is 0 Å². The summed E-state index contributed by atoms with van der Waals surface area (Å²) >= 11 is 0.